The van der Waals surface area contributed by atoms with Crippen molar-refractivity contribution in [1.29, 1.82) is 0 Å². The predicted molar refractivity (Wildman–Crippen MR) is 110 cm³/mol. The Labute approximate surface area is 181 Å². The highest BCUT2D eigenvalue weighted by Crippen LogP contribution is 2.35. The van der Waals surface area contributed by atoms with Crippen LogP contribution in [0.25, 0.3) is 11.1 Å². The third-order valence-corrected chi connectivity index (χ3v) is 5.12. The van der Waals surface area contributed by atoms with Crippen LogP contribution in [-0.4, -0.2) is 22.3 Å². The van der Waals surface area contributed by atoms with E-state index in [4.69, 9.17) is 33.0 Å². The van der Waals surface area contributed by atoms with Crippen molar-refractivity contribution < 1.29 is 28.5 Å². The average molecular weight is 453 g/mol. The molecule has 30 heavy (non-hydrogen) atoms. The summed E-state index contributed by atoms with van der Waals surface area (Å²) in [6, 6.07) is 11.0. The third kappa shape index (κ3) is 4.83. The Balaban J connectivity index is 1.91. The molecule has 156 valence electrons. The Bertz CT molecular complexity index is 1100. The zero-order valence-corrected chi connectivity index (χ0v) is 17.1. The van der Waals surface area contributed by atoms with E-state index >= 15 is 0 Å². The summed E-state index contributed by atoms with van der Waals surface area (Å²) in [5.41, 5.74) is 1.92. The minimum Gasteiger partial charge on any atom is -0.507 e. The summed E-state index contributed by atoms with van der Waals surface area (Å²) < 4.78 is 32.1. The fraction of sp³-hybridized carbons (Fsp3) is 0.136. The molecule has 0 aliphatic heterocycles. The maximum atomic E-state index is 13.6. The van der Waals surface area contributed by atoms with Crippen molar-refractivity contribution in [3.63, 3.8) is 0 Å². The molecule has 0 aromatic heterocycles. The quantitative estimate of drug-likeness (QED) is 0.474. The molecule has 3 rings (SSSR count). The minimum absolute atomic E-state index is 0.0895. The second-order valence-corrected chi connectivity index (χ2v) is 7.44. The lowest BCUT2D eigenvalue weighted by Gasteiger charge is -2.14. The van der Waals surface area contributed by atoms with E-state index in [9.17, 15) is 18.7 Å². The first-order valence-electron chi connectivity index (χ1n) is 8.80. The topological polar surface area (TPSA) is 66.8 Å². The van der Waals surface area contributed by atoms with Crippen LogP contribution in [0.15, 0.2) is 48.5 Å². The van der Waals surface area contributed by atoms with Crippen molar-refractivity contribution >= 4 is 29.2 Å². The summed E-state index contributed by atoms with van der Waals surface area (Å²) in [4.78, 5) is 10.9. The van der Waals surface area contributed by atoms with E-state index in [1.165, 1.54) is 31.2 Å². The molecule has 0 radical (unpaired) electrons. The molecule has 4 nitrogen and oxygen atoms in total. The Morgan fingerprint density at radius 2 is 1.70 bits per heavy atom. The minimum atomic E-state index is -1.12. The van der Waals surface area contributed by atoms with Crippen molar-refractivity contribution in [1.82, 2.24) is 0 Å². The van der Waals surface area contributed by atoms with E-state index in [0.717, 1.165) is 12.1 Å². The highest BCUT2D eigenvalue weighted by Gasteiger charge is 2.16. The zero-order chi connectivity index (χ0) is 22.0. The van der Waals surface area contributed by atoms with Gasteiger partial charge in [-0.2, -0.15) is 0 Å². The fourth-order valence-electron chi connectivity index (χ4n) is 2.86. The number of aliphatic carboxylic acids is 1. The van der Waals surface area contributed by atoms with E-state index in [1.54, 1.807) is 12.1 Å². The van der Waals surface area contributed by atoms with E-state index in [1.807, 2.05) is 0 Å². The van der Waals surface area contributed by atoms with Gasteiger partial charge in [0.05, 0.1) is 0 Å². The van der Waals surface area contributed by atoms with Gasteiger partial charge in [0, 0.05) is 22.0 Å². The van der Waals surface area contributed by atoms with Crippen molar-refractivity contribution in [2.24, 2.45) is 0 Å². The van der Waals surface area contributed by atoms with Gasteiger partial charge in [-0.25, -0.2) is 13.6 Å². The molecule has 0 spiro atoms. The number of carboxylic acids is 1. The summed E-state index contributed by atoms with van der Waals surface area (Å²) in [6.07, 6.45) is -0.789. The molecule has 2 N–H and O–H groups in total. The van der Waals surface area contributed by atoms with Gasteiger partial charge in [0.15, 0.2) is 17.7 Å². The fourth-order valence-corrected chi connectivity index (χ4v) is 3.46. The highest BCUT2D eigenvalue weighted by molar-refractivity contribution is 6.36. The van der Waals surface area contributed by atoms with Gasteiger partial charge in [-0.3, -0.25) is 0 Å². The first kappa shape index (κ1) is 21.9. The molecule has 1 atom stereocenters. The molecule has 0 heterocycles. The van der Waals surface area contributed by atoms with Crippen LogP contribution >= 0.6 is 23.2 Å². The number of phenolic OH excluding ortho intramolecular Hbond substituents is 1. The van der Waals surface area contributed by atoms with Gasteiger partial charge < -0.3 is 14.9 Å². The third-order valence-electron chi connectivity index (χ3n) is 4.45. The molecule has 0 unspecified atom stereocenters. The van der Waals surface area contributed by atoms with Crippen LogP contribution in [0, 0.1) is 11.6 Å². The van der Waals surface area contributed by atoms with Crippen molar-refractivity contribution in [3.8, 4) is 22.6 Å². The maximum Gasteiger partial charge on any atom is 0.344 e. The molecule has 3 aromatic carbocycles. The van der Waals surface area contributed by atoms with Crippen LogP contribution in [0.3, 0.4) is 0 Å². The lowest BCUT2D eigenvalue weighted by Crippen LogP contribution is -2.22. The van der Waals surface area contributed by atoms with E-state index in [2.05, 4.69) is 0 Å². The summed E-state index contributed by atoms with van der Waals surface area (Å²) in [5.74, 6) is -2.99. The van der Waals surface area contributed by atoms with E-state index < -0.39 is 23.7 Å². The first-order chi connectivity index (χ1) is 14.2. The van der Waals surface area contributed by atoms with Gasteiger partial charge in [-0.15, -0.1) is 0 Å². The monoisotopic (exact) mass is 452 g/mol. The highest BCUT2D eigenvalue weighted by atomic mass is 35.5. The number of ether oxygens (including phenoxy) is 1. The lowest BCUT2D eigenvalue weighted by molar-refractivity contribution is -0.144. The Morgan fingerprint density at radius 1 is 1.03 bits per heavy atom. The molecular weight excluding hydrogens is 437 g/mol. The molecule has 0 aliphatic carbocycles. The van der Waals surface area contributed by atoms with E-state index in [0.29, 0.717) is 22.3 Å². The van der Waals surface area contributed by atoms with Gasteiger partial charge >= 0.3 is 5.97 Å². The number of hydrogen-bond donors (Lipinski definition) is 2. The Kier molecular flexibility index (Phi) is 6.48. The number of hydrogen-bond acceptors (Lipinski definition) is 3. The van der Waals surface area contributed by atoms with Crippen molar-refractivity contribution in [2.45, 2.75) is 19.4 Å². The van der Waals surface area contributed by atoms with Crippen LogP contribution in [0.5, 0.6) is 11.5 Å². The summed E-state index contributed by atoms with van der Waals surface area (Å²) in [6.45, 7) is 1.38. The standard InChI is InChI=1S/C22H16Cl2F2O4/c1-11(22(28)29)30-14-9-17(23)16(18(24)10-14)7-12-2-5-21(27)15(6-12)13-3-4-19(25)20(26)8-13/h2-6,8-11,27H,7H2,1H3,(H,28,29)/t11-/m1/s1. The number of halogens is 4. The zero-order valence-electron chi connectivity index (χ0n) is 15.6. The molecule has 0 amide bonds. The first-order valence-corrected chi connectivity index (χ1v) is 9.56. The molecule has 0 bridgehead atoms. The van der Waals surface area contributed by atoms with E-state index in [-0.39, 0.29) is 28.0 Å². The summed E-state index contributed by atoms with van der Waals surface area (Å²) in [5, 5.41) is 19.7. The van der Waals surface area contributed by atoms with Crippen LogP contribution in [0.4, 0.5) is 8.78 Å². The number of phenols is 1. The predicted octanol–water partition coefficient (Wildman–Crippen LogP) is 6.09. The average Bonchev–Trinajstić information content (AvgIpc) is 2.68. The number of carboxylic acid groups (broad SMARTS) is 1. The van der Waals surface area contributed by atoms with Crippen LogP contribution < -0.4 is 4.74 Å². The number of carbonyl (C=O) groups is 1. The summed E-state index contributed by atoms with van der Waals surface area (Å²) >= 11 is 12.6. The van der Waals surface area contributed by atoms with Crippen molar-refractivity contribution in [3.05, 3.63) is 81.3 Å². The molecule has 0 saturated heterocycles. The summed E-state index contributed by atoms with van der Waals surface area (Å²) in [7, 11) is 0. The molecule has 0 fully saturated rings. The van der Waals surface area contributed by atoms with Gasteiger partial charge in [0.2, 0.25) is 0 Å². The second kappa shape index (κ2) is 8.90. The lowest BCUT2D eigenvalue weighted by atomic mass is 9.98. The largest absolute Gasteiger partial charge is 0.507 e. The van der Waals surface area contributed by atoms with Gasteiger partial charge in [-0.1, -0.05) is 35.3 Å². The second-order valence-electron chi connectivity index (χ2n) is 6.62. The van der Waals surface area contributed by atoms with Gasteiger partial charge in [-0.05, 0) is 60.0 Å². The van der Waals surface area contributed by atoms with Crippen LogP contribution in [0.1, 0.15) is 18.1 Å². The molecule has 0 saturated carbocycles. The maximum absolute atomic E-state index is 13.6. The number of aromatic hydroxyl groups is 1. The van der Waals surface area contributed by atoms with Crippen molar-refractivity contribution in [2.75, 3.05) is 0 Å². The van der Waals surface area contributed by atoms with Crippen LogP contribution in [-0.2, 0) is 11.2 Å². The normalized spacial score (nSPS) is 11.9. The number of rotatable bonds is 6. The van der Waals surface area contributed by atoms with Gasteiger partial charge in [0.25, 0.3) is 0 Å². The molecule has 8 heteroatoms. The molecular formula is C22H16Cl2F2O4. The smallest absolute Gasteiger partial charge is 0.344 e. The Hall–Kier alpha value is -2.83. The molecule has 3 aromatic rings. The Morgan fingerprint density at radius 3 is 2.30 bits per heavy atom. The SMILES string of the molecule is C[C@@H](Oc1cc(Cl)c(Cc2ccc(O)c(-c3ccc(F)c(F)c3)c2)c(Cl)c1)C(=O)O. The van der Waals surface area contributed by atoms with Gasteiger partial charge in [0.1, 0.15) is 11.5 Å². The number of benzene rings is 3. The molecule has 0 aliphatic rings. The van der Waals surface area contributed by atoms with Crippen LogP contribution in [0.2, 0.25) is 10.0 Å².